The molecule has 9 nitrogen and oxygen atoms in total. The summed E-state index contributed by atoms with van der Waals surface area (Å²) >= 11 is 0. The Labute approximate surface area is 213 Å². The summed E-state index contributed by atoms with van der Waals surface area (Å²) in [6, 6.07) is 11.3. The van der Waals surface area contributed by atoms with E-state index in [0.29, 0.717) is 17.0 Å². The number of hydrogen-bond donors (Lipinski definition) is 1. The van der Waals surface area contributed by atoms with Gasteiger partial charge in [0.15, 0.2) is 11.6 Å². The Morgan fingerprint density at radius 3 is 2.62 bits per heavy atom. The summed E-state index contributed by atoms with van der Waals surface area (Å²) in [7, 11) is 0. The van der Waals surface area contributed by atoms with E-state index in [1.807, 2.05) is 24.3 Å². The first-order chi connectivity index (χ1) is 17.8. The molecule has 37 heavy (non-hydrogen) atoms. The fraction of sp³-hybridized carbons (Fsp3) is 0.333. The maximum Gasteiger partial charge on any atom is 0.213 e. The normalized spacial score (nSPS) is 14.5. The minimum absolute atomic E-state index is 0.0729. The van der Waals surface area contributed by atoms with Crippen molar-refractivity contribution >= 4 is 11.3 Å². The van der Waals surface area contributed by atoms with E-state index in [9.17, 15) is 10.4 Å². The number of nitrogens with zero attached hydrogens (tertiary/aromatic N) is 6. The monoisotopic (exact) mass is 502 g/mol. The lowest BCUT2D eigenvalue weighted by Crippen LogP contribution is -2.38. The molecule has 0 unspecified atom stereocenters. The highest BCUT2D eigenvalue weighted by molar-refractivity contribution is 5.85. The van der Waals surface area contributed by atoms with Gasteiger partial charge in [-0.25, -0.2) is 18.9 Å². The number of aromatic nitrogens is 4. The average Bonchev–Trinajstić information content (AvgIpc) is 3.31. The summed E-state index contributed by atoms with van der Waals surface area (Å²) in [5.41, 5.74) is 0.0803. The van der Waals surface area contributed by atoms with Crippen molar-refractivity contribution in [1.82, 2.24) is 19.6 Å². The second-order valence-corrected chi connectivity index (χ2v) is 9.62. The molecule has 1 N–H and O–H groups in total. The van der Waals surface area contributed by atoms with Gasteiger partial charge in [0.1, 0.15) is 24.6 Å². The SMILES string of the molecule is CC(C)(O)COc1cn2ncc(C#N)c2c(-c2ccc(N3CCC(Oc4ccccn4)CC3)nc2)c1F. The molecule has 1 aliphatic rings. The number of halogens is 1. The molecule has 0 saturated carbocycles. The number of hydrogen-bond acceptors (Lipinski definition) is 8. The third-order valence-corrected chi connectivity index (χ3v) is 6.14. The molecule has 1 saturated heterocycles. The van der Waals surface area contributed by atoms with E-state index in [2.05, 4.69) is 26.0 Å². The van der Waals surface area contributed by atoms with Crippen molar-refractivity contribution in [2.24, 2.45) is 0 Å². The first kappa shape index (κ1) is 24.5. The van der Waals surface area contributed by atoms with Gasteiger partial charge in [0, 0.05) is 50.0 Å². The Kier molecular flexibility index (Phi) is 6.63. The highest BCUT2D eigenvalue weighted by Gasteiger charge is 2.24. The number of piperidine rings is 1. The summed E-state index contributed by atoms with van der Waals surface area (Å²) in [6.45, 7) is 4.57. The van der Waals surface area contributed by atoms with Gasteiger partial charge in [-0.3, -0.25) is 0 Å². The zero-order valence-corrected chi connectivity index (χ0v) is 20.6. The zero-order chi connectivity index (χ0) is 26.0. The maximum absolute atomic E-state index is 15.7. The third kappa shape index (κ3) is 5.32. The fourth-order valence-corrected chi connectivity index (χ4v) is 4.32. The van der Waals surface area contributed by atoms with Crippen LogP contribution in [-0.2, 0) is 0 Å². The van der Waals surface area contributed by atoms with Gasteiger partial charge in [-0.2, -0.15) is 10.4 Å². The fourth-order valence-electron chi connectivity index (χ4n) is 4.32. The van der Waals surface area contributed by atoms with Gasteiger partial charge in [0.2, 0.25) is 5.88 Å². The molecule has 190 valence electrons. The summed E-state index contributed by atoms with van der Waals surface area (Å²) in [5, 5.41) is 23.8. The molecule has 1 aliphatic heterocycles. The van der Waals surface area contributed by atoms with Gasteiger partial charge < -0.3 is 19.5 Å². The third-order valence-electron chi connectivity index (χ3n) is 6.14. The van der Waals surface area contributed by atoms with E-state index < -0.39 is 11.4 Å². The van der Waals surface area contributed by atoms with Crippen molar-refractivity contribution in [1.29, 1.82) is 5.26 Å². The van der Waals surface area contributed by atoms with Crippen LogP contribution >= 0.6 is 0 Å². The van der Waals surface area contributed by atoms with Crippen molar-refractivity contribution in [3.8, 4) is 28.8 Å². The Bertz CT molecular complexity index is 1420. The molecule has 0 bridgehead atoms. The van der Waals surface area contributed by atoms with Crippen LogP contribution in [0.3, 0.4) is 0 Å². The van der Waals surface area contributed by atoms with Gasteiger partial charge in [-0.15, -0.1) is 0 Å². The molecule has 0 spiro atoms. The lowest BCUT2D eigenvalue weighted by Gasteiger charge is -2.32. The van der Waals surface area contributed by atoms with E-state index in [4.69, 9.17) is 9.47 Å². The number of aliphatic hydroxyl groups is 1. The Morgan fingerprint density at radius 2 is 1.97 bits per heavy atom. The van der Waals surface area contributed by atoms with Crippen molar-refractivity contribution in [3.05, 3.63) is 66.5 Å². The number of rotatable bonds is 7. The Hall–Kier alpha value is -4.23. The lowest BCUT2D eigenvalue weighted by molar-refractivity contribution is 0.0270. The zero-order valence-electron chi connectivity index (χ0n) is 20.6. The molecule has 10 heteroatoms. The number of pyridine rings is 3. The van der Waals surface area contributed by atoms with Crippen LogP contribution < -0.4 is 14.4 Å². The summed E-state index contributed by atoms with van der Waals surface area (Å²) in [6.07, 6.45) is 7.82. The molecule has 0 atom stereocenters. The summed E-state index contributed by atoms with van der Waals surface area (Å²) in [5.74, 6) is 0.689. The van der Waals surface area contributed by atoms with Crippen LogP contribution in [0.1, 0.15) is 32.3 Å². The van der Waals surface area contributed by atoms with E-state index in [1.165, 1.54) is 16.9 Å². The molecule has 0 aromatic carbocycles. The van der Waals surface area contributed by atoms with Crippen LogP contribution in [0.5, 0.6) is 11.6 Å². The second-order valence-electron chi connectivity index (χ2n) is 9.62. The van der Waals surface area contributed by atoms with E-state index in [0.717, 1.165) is 31.7 Å². The van der Waals surface area contributed by atoms with Crippen LogP contribution in [0.4, 0.5) is 10.2 Å². The standard InChI is InChI=1S/C27H27FN6O3/c1-27(2,35)17-36-21-16-34-26(19(13-29)15-32-34)24(25(21)28)18-6-7-22(31-14-18)33-11-8-20(9-12-33)37-23-5-3-4-10-30-23/h3-7,10,14-16,20,35H,8-9,11-12,17H2,1-2H3. The molecule has 5 rings (SSSR count). The van der Waals surface area contributed by atoms with Gasteiger partial charge in [-0.1, -0.05) is 6.07 Å². The molecule has 1 fully saturated rings. The molecule has 0 aliphatic carbocycles. The van der Waals surface area contributed by atoms with Crippen LogP contribution in [0.15, 0.2) is 55.1 Å². The Morgan fingerprint density at radius 1 is 1.16 bits per heavy atom. The minimum atomic E-state index is -1.15. The van der Waals surface area contributed by atoms with E-state index in [1.54, 1.807) is 32.3 Å². The molecule has 0 amide bonds. The van der Waals surface area contributed by atoms with Crippen molar-refractivity contribution in [2.75, 3.05) is 24.6 Å². The van der Waals surface area contributed by atoms with Crippen LogP contribution in [0.2, 0.25) is 0 Å². The first-order valence-electron chi connectivity index (χ1n) is 12.1. The average molecular weight is 503 g/mol. The smallest absolute Gasteiger partial charge is 0.213 e. The molecular weight excluding hydrogens is 475 g/mol. The van der Waals surface area contributed by atoms with Crippen molar-refractivity contribution < 1.29 is 19.0 Å². The molecular formula is C27H27FN6O3. The second kappa shape index (κ2) is 10.0. The number of nitriles is 1. The van der Waals surface area contributed by atoms with Gasteiger partial charge in [-0.05, 0) is 32.0 Å². The van der Waals surface area contributed by atoms with Crippen LogP contribution in [0, 0.1) is 17.1 Å². The molecule has 4 aromatic rings. The number of fused-ring (bicyclic) bond motifs is 1. The van der Waals surface area contributed by atoms with Gasteiger partial charge in [0.05, 0.1) is 34.6 Å². The molecule has 5 heterocycles. The maximum atomic E-state index is 15.7. The topological polar surface area (TPSA) is 109 Å². The predicted molar refractivity (Wildman–Crippen MR) is 135 cm³/mol. The van der Waals surface area contributed by atoms with E-state index >= 15 is 4.39 Å². The number of anilines is 1. The van der Waals surface area contributed by atoms with Crippen molar-refractivity contribution in [2.45, 2.75) is 38.4 Å². The quantitative estimate of drug-likeness (QED) is 0.404. The molecule has 4 aromatic heterocycles. The first-order valence-corrected chi connectivity index (χ1v) is 12.1. The highest BCUT2D eigenvalue weighted by atomic mass is 19.1. The number of ether oxygens (including phenoxy) is 2. The predicted octanol–water partition coefficient (Wildman–Crippen LogP) is 4.00. The highest BCUT2D eigenvalue weighted by Crippen LogP contribution is 2.35. The van der Waals surface area contributed by atoms with Crippen LogP contribution in [0.25, 0.3) is 16.6 Å². The minimum Gasteiger partial charge on any atom is -0.486 e. The van der Waals surface area contributed by atoms with Crippen molar-refractivity contribution in [3.63, 3.8) is 0 Å². The van der Waals surface area contributed by atoms with E-state index in [-0.39, 0.29) is 29.6 Å². The van der Waals surface area contributed by atoms with Gasteiger partial charge in [0.25, 0.3) is 0 Å². The summed E-state index contributed by atoms with van der Waals surface area (Å²) < 4.78 is 28.7. The van der Waals surface area contributed by atoms with Crippen LogP contribution in [-0.4, -0.2) is 56.1 Å². The largest absolute Gasteiger partial charge is 0.486 e. The Balaban J connectivity index is 1.38. The summed E-state index contributed by atoms with van der Waals surface area (Å²) in [4.78, 5) is 11.0. The van der Waals surface area contributed by atoms with Gasteiger partial charge >= 0.3 is 0 Å². The molecule has 0 radical (unpaired) electrons. The lowest BCUT2D eigenvalue weighted by atomic mass is 10.0.